The highest BCUT2D eigenvalue weighted by Gasteiger charge is 2.08. The third kappa shape index (κ3) is 3.86. The zero-order chi connectivity index (χ0) is 12.0. The molecule has 0 aromatic heterocycles. The maximum atomic E-state index is 9.65. The monoisotopic (exact) mass is 221 g/mol. The summed E-state index contributed by atoms with van der Waals surface area (Å²) in [5.41, 5.74) is 2.03. The molecule has 0 saturated carbocycles. The lowest BCUT2D eigenvalue weighted by molar-refractivity contribution is 0.200. The second-order valence-corrected chi connectivity index (χ2v) is 4.45. The van der Waals surface area contributed by atoms with E-state index in [1.807, 2.05) is 24.3 Å². The van der Waals surface area contributed by atoms with E-state index in [4.69, 9.17) is 0 Å². The second-order valence-electron chi connectivity index (χ2n) is 4.45. The summed E-state index contributed by atoms with van der Waals surface area (Å²) in [6, 6.07) is 8.43. The van der Waals surface area contributed by atoms with Crippen LogP contribution in [-0.2, 0) is 0 Å². The molecule has 2 nitrogen and oxygen atoms in total. The van der Waals surface area contributed by atoms with Crippen molar-refractivity contribution in [2.45, 2.75) is 52.2 Å². The predicted octanol–water partition coefficient (Wildman–Crippen LogP) is 3.73. The first-order chi connectivity index (χ1) is 7.65. The fraction of sp³-hybridized carbons (Fsp3) is 0.571. The summed E-state index contributed by atoms with van der Waals surface area (Å²) in [6.07, 6.45) is 3.22. The molecule has 0 heterocycles. The van der Waals surface area contributed by atoms with Gasteiger partial charge in [-0.1, -0.05) is 38.0 Å². The number of hydrogen-bond donors (Lipinski definition) is 2. The zero-order valence-corrected chi connectivity index (χ0v) is 10.5. The Balaban J connectivity index is 2.65. The average molecular weight is 221 g/mol. The molecule has 2 unspecified atom stereocenters. The molecule has 0 aliphatic carbocycles. The van der Waals surface area contributed by atoms with Crippen molar-refractivity contribution in [2.75, 3.05) is 5.32 Å². The van der Waals surface area contributed by atoms with Gasteiger partial charge in [-0.2, -0.15) is 0 Å². The van der Waals surface area contributed by atoms with Crippen LogP contribution in [0.3, 0.4) is 0 Å². The largest absolute Gasteiger partial charge is 0.389 e. The first-order valence-electron chi connectivity index (χ1n) is 6.18. The Labute approximate surface area is 98.7 Å². The molecule has 90 valence electrons. The maximum absolute atomic E-state index is 9.65. The smallest absolute Gasteiger partial charge is 0.0781 e. The molecule has 1 rings (SSSR count). The predicted molar refractivity (Wildman–Crippen MR) is 69.7 cm³/mol. The summed E-state index contributed by atoms with van der Waals surface area (Å²) in [4.78, 5) is 0. The van der Waals surface area contributed by atoms with Crippen LogP contribution >= 0.6 is 0 Å². The van der Waals surface area contributed by atoms with Crippen molar-refractivity contribution in [1.29, 1.82) is 0 Å². The van der Waals surface area contributed by atoms with E-state index in [0.29, 0.717) is 6.04 Å². The van der Waals surface area contributed by atoms with E-state index >= 15 is 0 Å². The van der Waals surface area contributed by atoms with Crippen molar-refractivity contribution >= 4 is 5.69 Å². The topological polar surface area (TPSA) is 32.3 Å². The molecule has 0 aliphatic rings. The Bertz CT molecular complexity index is 309. The van der Waals surface area contributed by atoms with Gasteiger partial charge < -0.3 is 10.4 Å². The van der Waals surface area contributed by atoms with Gasteiger partial charge in [-0.3, -0.25) is 0 Å². The molecule has 0 amide bonds. The first kappa shape index (κ1) is 13.0. The standard InChI is InChI=1S/C14H23NO/c1-4-5-8-11(2)15-14-10-7-6-9-13(14)12(3)16/h6-7,9-12,15-16H,4-5,8H2,1-3H3. The molecule has 2 N–H and O–H groups in total. The highest BCUT2D eigenvalue weighted by Crippen LogP contribution is 2.23. The van der Waals surface area contributed by atoms with Crippen LogP contribution < -0.4 is 5.32 Å². The Morgan fingerprint density at radius 3 is 2.56 bits per heavy atom. The van der Waals surface area contributed by atoms with Crippen molar-refractivity contribution in [3.63, 3.8) is 0 Å². The lowest BCUT2D eigenvalue weighted by atomic mass is 10.1. The Morgan fingerprint density at radius 2 is 1.94 bits per heavy atom. The number of para-hydroxylation sites is 1. The molecule has 1 aromatic rings. The minimum atomic E-state index is -0.415. The van der Waals surface area contributed by atoms with Crippen LogP contribution in [0.4, 0.5) is 5.69 Å². The molecule has 0 fully saturated rings. The number of rotatable bonds is 6. The average Bonchev–Trinajstić information content (AvgIpc) is 2.27. The quantitative estimate of drug-likeness (QED) is 0.767. The van der Waals surface area contributed by atoms with E-state index in [2.05, 4.69) is 19.2 Å². The van der Waals surface area contributed by atoms with E-state index in [9.17, 15) is 5.11 Å². The molecule has 1 aromatic carbocycles. The SMILES string of the molecule is CCCCC(C)Nc1ccccc1C(C)O. The van der Waals surface area contributed by atoms with Gasteiger partial charge in [0.05, 0.1) is 6.10 Å². The van der Waals surface area contributed by atoms with Crippen LogP contribution in [0, 0.1) is 0 Å². The van der Waals surface area contributed by atoms with Crippen LogP contribution in [0.5, 0.6) is 0 Å². The zero-order valence-electron chi connectivity index (χ0n) is 10.5. The van der Waals surface area contributed by atoms with E-state index < -0.39 is 6.10 Å². The van der Waals surface area contributed by atoms with Gasteiger partial charge in [-0.05, 0) is 26.3 Å². The van der Waals surface area contributed by atoms with Gasteiger partial charge in [0.15, 0.2) is 0 Å². The Morgan fingerprint density at radius 1 is 1.25 bits per heavy atom. The first-order valence-corrected chi connectivity index (χ1v) is 6.18. The van der Waals surface area contributed by atoms with Crippen LogP contribution in [0.1, 0.15) is 51.7 Å². The highest BCUT2D eigenvalue weighted by molar-refractivity contribution is 5.52. The van der Waals surface area contributed by atoms with E-state index in [1.165, 1.54) is 19.3 Å². The number of benzene rings is 1. The molecule has 2 heteroatoms. The number of nitrogens with one attached hydrogen (secondary N) is 1. The summed E-state index contributed by atoms with van der Waals surface area (Å²) in [7, 11) is 0. The highest BCUT2D eigenvalue weighted by atomic mass is 16.3. The van der Waals surface area contributed by atoms with Crippen LogP contribution in [0.25, 0.3) is 0 Å². The number of hydrogen-bond acceptors (Lipinski definition) is 2. The third-order valence-electron chi connectivity index (χ3n) is 2.80. The molecular formula is C14H23NO. The Hall–Kier alpha value is -1.02. The molecule has 0 saturated heterocycles. The molecule has 0 aliphatic heterocycles. The minimum Gasteiger partial charge on any atom is -0.389 e. The van der Waals surface area contributed by atoms with Gasteiger partial charge in [0.2, 0.25) is 0 Å². The molecule has 0 spiro atoms. The molecular weight excluding hydrogens is 198 g/mol. The van der Waals surface area contributed by atoms with Gasteiger partial charge >= 0.3 is 0 Å². The number of anilines is 1. The van der Waals surface area contributed by atoms with Gasteiger partial charge in [0, 0.05) is 17.3 Å². The van der Waals surface area contributed by atoms with Crippen molar-refractivity contribution in [2.24, 2.45) is 0 Å². The lowest BCUT2D eigenvalue weighted by Crippen LogP contribution is -2.16. The Kier molecular flexibility index (Phi) is 5.33. The lowest BCUT2D eigenvalue weighted by Gasteiger charge is -2.19. The summed E-state index contributed by atoms with van der Waals surface area (Å²) in [6.45, 7) is 6.20. The fourth-order valence-corrected chi connectivity index (χ4v) is 1.84. The normalized spacial score (nSPS) is 14.5. The third-order valence-corrected chi connectivity index (χ3v) is 2.80. The van der Waals surface area contributed by atoms with Crippen LogP contribution in [-0.4, -0.2) is 11.1 Å². The number of aliphatic hydroxyl groups is 1. The molecule has 0 radical (unpaired) electrons. The number of unbranched alkanes of at least 4 members (excludes halogenated alkanes) is 1. The van der Waals surface area contributed by atoms with E-state index in [1.54, 1.807) is 6.92 Å². The minimum absolute atomic E-state index is 0.415. The van der Waals surface area contributed by atoms with Gasteiger partial charge in [-0.25, -0.2) is 0 Å². The summed E-state index contributed by atoms with van der Waals surface area (Å²) in [5, 5.41) is 13.1. The summed E-state index contributed by atoms with van der Waals surface area (Å²) < 4.78 is 0. The fourth-order valence-electron chi connectivity index (χ4n) is 1.84. The maximum Gasteiger partial charge on any atom is 0.0781 e. The second kappa shape index (κ2) is 6.54. The summed E-state index contributed by atoms with van der Waals surface area (Å²) in [5.74, 6) is 0. The van der Waals surface area contributed by atoms with Crippen molar-refractivity contribution < 1.29 is 5.11 Å². The van der Waals surface area contributed by atoms with Gasteiger partial charge in [0.1, 0.15) is 0 Å². The molecule has 2 atom stereocenters. The van der Waals surface area contributed by atoms with Crippen molar-refractivity contribution in [3.05, 3.63) is 29.8 Å². The van der Waals surface area contributed by atoms with Gasteiger partial charge in [0.25, 0.3) is 0 Å². The van der Waals surface area contributed by atoms with Crippen LogP contribution in [0.2, 0.25) is 0 Å². The summed E-state index contributed by atoms with van der Waals surface area (Å²) >= 11 is 0. The molecule has 0 bridgehead atoms. The van der Waals surface area contributed by atoms with Gasteiger partial charge in [-0.15, -0.1) is 0 Å². The number of aliphatic hydroxyl groups excluding tert-OH is 1. The van der Waals surface area contributed by atoms with Crippen molar-refractivity contribution in [1.82, 2.24) is 0 Å². The van der Waals surface area contributed by atoms with Crippen molar-refractivity contribution in [3.8, 4) is 0 Å². The van der Waals surface area contributed by atoms with Crippen LogP contribution in [0.15, 0.2) is 24.3 Å². The van der Waals surface area contributed by atoms with E-state index in [-0.39, 0.29) is 0 Å². The molecule has 16 heavy (non-hydrogen) atoms. The van der Waals surface area contributed by atoms with E-state index in [0.717, 1.165) is 11.3 Å².